The average Bonchev–Trinajstić information content (AvgIpc) is 2.04. The number of nitro groups is 1. The molecule has 0 amide bonds. The number of nitrogens with zero attached hydrogens (tertiary/aromatic N) is 1. The first-order valence-corrected chi connectivity index (χ1v) is 4.51. The van der Waals surface area contributed by atoms with Gasteiger partial charge in [-0.25, -0.2) is 0 Å². The molecule has 0 saturated carbocycles. The van der Waals surface area contributed by atoms with Gasteiger partial charge in [0.05, 0.1) is 16.5 Å². The molecule has 0 spiro atoms. The SMILES string of the molecule is COc1c(Br)ccc([N+](=O)[O-])c1S. The van der Waals surface area contributed by atoms with Crippen LogP contribution in [-0.4, -0.2) is 12.0 Å². The Bertz CT molecular complexity index is 356. The van der Waals surface area contributed by atoms with Crippen LogP contribution >= 0.6 is 28.6 Å². The first kappa shape index (κ1) is 10.3. The lowest BCUT2D eigenvalue weighted by atomic mass is 10.3. The first-order valence-electron chi connectivity index (χ1n) is 3.27. The monoisotopic (exact) mass is 263 g/mol. The van der Waals surface area contributed by atoms with E-state index in [0.29, 0.717) is 10.2 Å². The summed E-state index contributed by atoms with van der Waals surface area (Å²) in [7, 11) is 1.43. The van der Waals surface area contributed by atoms with Crippen LogP contribution in [0.2, 0.25) is 0 Å². The lowest BCUT2D eigenvalue weighted by molar-refractivity contribution is -0.387. The number of hydrogen-bond acceptors (Lipinski definition) is 4. The summed E-state index contributed by atoms with van der Waals surface area (Å²) in [6, 6.07) is 2.92. The maximum absolute atomic E-state index is 10.5. The van der Waals surface area contributed by atoms with E-state index in [1.165, 1.54) is 13.2 Å². The van der Waals surface area contributed by atoms with Gasteiger partial charge in [0.1, 0.15) is 4.90 Å². The van der Waals surface area contributed by atoms with Crippen LogP contribution < -0.4 is 4.74 Å². The highest BCUT2D eigenvalue weighted by Gasteiger charge is 2.17. The summed E-state index contributed by atoms with van der Waals surface area (Å²) >= 11 is 7.20. The maximum atomic E-state index is 10.5. The molecular formula is C7H6BrNO3S. The molecule has 1 aromatic rings. The van der Waals surface area contributed by atoms with Crippen molar-refractivity contribution in [3.63, 3.8) is 0 Å². The number of hydrogen-bond donors (Lipinski definition) is 1. The molecular weight excluding hydrogens is 258 g/mol. The van der Waals surface area contributed by atoms with Gasteiger partial charge in [0, 0.05) is 6.07 Å². The third kappa shape index (κ3) is 1.94. The molecule has 0 aliphatic rings. The molecule has 0 heterocycles. The van der Waals surface area contributed by atoms with Crippen molar-refractivity contribution in [2.24, 2.45) is 0 Å². The van der Waals surface area contributed by atoms with Crippen molar-refractivity contribution in [1.29, 1.82) is 0 Å². The predicted octanol–water partition coefficient (Wildman–Crippen LogP) is 2.65. The fourth-order valence-corrected chi connectivity index (χ4v) is 1.89. The summed E-state index contributed by atoms with van der Waals surface area (Å²) < 4.78 is 5.58. The van der Waals surface area contributed by atoms with Crippen molar-refractivity contribution in [3.05, 3.63) is 26.7 Å². The molecule has 0 unspecified atom stereocenters. The van der Waals surface area contributed by atoms with Gasteiger partial charge in [0.25, 0.3) is 5.69 Å². The molecule has 0 fully saturated rings. The summed E-state index contributed by atoms with van der Waals surface area (Å²) in [6.45, 7) is 0. The number of halogens is 1. The highest BCUT2D eigenvalue weighted by atomic mass is 79.9. The number of benzene rings is 1. The smallest absolute Gasteiger partial charge is 0.286 e. The van der Waals surface area contributed by atoms with E-state index in [1.54, 1.807) is 6.07 Å². The van der Waals surface area contributed by atoms with E-state index in [9.17, 15) is 10.1 Å². The Kier molecular flexibility index (Phi) is 3.16. The van der Waals surface area contributed by atoms with E-state index in [2.05, 4.69) is 28.6 Å². The van der Waals surface area contributed by atoms with Gasteiger partial charge in [0.15, 0.2) is 5.75 Å². The van der Waals surface area contributed by atoms with Gasteiger partial charge >= 0.3 is 0 Å². The third-order valence-electron chi connectivity index (χ3n) is 1.46. The Morgan fingerprint density at radius 1 is 1.62 bits per heavy atom. The number of methoxy groups -OCH3 is 1. The molecule has 0 bridgehead atoms. The summed E-state index contributed by atoms with van der Waals surface area (Å²) in [5, 5.41) is 10.5. The molecule has 0 saturated heterocycles. The van der Waals surface area contributed by atoms with Gasteiger partial charge in [-0.2, -0.15) is 0 Å². The van der Waals surface area contributed by atoms with Crippen molar-refractivity contribution in [2.75, 3.05) is 7.11 Å². The van der Waals surface area contributed by atoms with Crippen LogP contribution in [0.15, 0.2) is 21.5 Å². The molecule has 1 rings (SSSR count). The average molecular weight is 264 g/mol. The minimum absolute atomic E-state index is 0.0663. The predicted molar refractivity (Wildman–Crippen MR) is 54.6 cm³/mol. The molecule has 70 valence electrons. The zero-order valence-electron chi connectivity index (χ0n) is 6.65. The number of nitro benzene ring substituents is 1. The largest absolute Gasteiger partial charge is 0.494 e. The zero-order chi connectivity index (χ0) is 10.0. The Labute approximate surface area is 88.6 Å². The highest BCUT2D eigenvalue weighted by molar-refractivity contribution is 9.10. The van der Waals surface area contributed by atoms with Crippen LogP contribution in [0, 0.1) is 10.1 Å². The van der Waals surface area contributed by atoms with E-state index in [-0.39, 0.29) is 10.6 Å². The van der Waals surface area contributed by atoms with Crippen LogP contribution in [0.4, 0.5) is 5.69 Å². The van der Waals surface area contributed by atoms with Crippen molar-refractivity contribution in [1.82, 2.24) is 0 Å². The quantitative estimate of drug-likeness (QED) is 0.507. The Morgan fingerprint density at radius 3 is 2.69 bits per heavy atom. The second-order valence-electron chi connectivity index (χ2n) is 2.21. The molecule has 0 atom stereocenters. The zero-order valence-corrected chi connectivity index (χ0v) is 9.13. The van der Waals surface area contributed by atoms with Crippen LogP contribution in [-0.2, 0) is 0 Å². The van der Waals surface area contributed by atoms with Crippen molar-refractivity contribution >= 4 is 34.2 Å². The van der Waals surface area contributed by atoms with Crippen molar-refractivity contribution < 1.29 is 9.66 Å². The standard InChI is InChI=1S/C7H6BrNO3S/c1-12-6-4(8)2-3-5(7(6)13)9(10)11/h2-3,13H,1H3. The van der Waals surface area contributed by atoms with E-state index in [4.69, 9.17) is 4.74 Å². The summed E-state index contributed by atoms with van der Waals surface area (Å²) in [4.78, 5) is 10.2. The van der Waals surface area contributed by atoms with E-state index in [1.807, 2.05) is 0 Å². The Balaban J connectivity index is 3.35. The fourth-order valence-electron chi connectivity index (χ4n) is 0.878. The molecule has 6 heteroatoms. The van der Waals surface area contributed by atoms with Crippen LogP contribution in [0.5, 0.6) is 5.75 Å². The van der Waals surface area contributed by atoms with Crippen LogP contribution in [0.1, 0.15) is 0 Å². The van der Waals surface area contributed by atoms with Gasteiger partial charge < -0.3 is 4.74 Å². The molecule has 0 aromatic heterocycles. The van der Waals surface area contributed by atoms with Crippen LogP contribution in [0.25, 0.3) is 0 Å². The van der Waals surface area contributed by atoms with E-state index in [0.717, 1.165) is 0 Å². The van der Waals surface area contributed by atoms with Gasteiger partial charge in [-0.15, -0.1) is 12.6 Å². The van der Waals surface area contributed by atoms with Gasteiger partial charge in [-0.1, -0.05) is 0 Å². The minimum Gasteiger partial charge on any atom is -0.494 e. The molecule has 0 aliphatic heterocycles. The second-order valence-corrected chi connectivity index (χ2v) is 3.51. The summed E-state index contributed by atoms with van der Waals surface area (Å²) in [5.41, 5.74) is -0.0663. The minimum atomic E-state index is -0.503. The second kappa shape index (κ2) is 3.97. The Morgan fingerprint density at radius 2 is 2.23 bits per heavy atom. The normalized spacial score (nSPS) is 9.77. The summed E-state index contributed by atoms with van der Waals surface area (Å²) in [5.74, 6) is 0.373. The number of ether oxygens (including phenoxy) is 1. The molecule has 1 aromatic carbocycles. The third-order valence-corrected chi connectivity index (χ3v) is 2.52. The molecule has 0 N–H and O–H groups in total. The lowest BCUT2D eigenvalue weighted by Gasteiger charge is -2.05. The van der Waals surface area contributed by atoms with Gasteiger partial charge in [-0.3, -0.25) is 10.1 Å². The van der Waals surface area contributed by atoms with Gasteiger partial charge in [0.2, 0.25) is 0 Å². The van der Waals surface area contributed by atoms with Crippen molar-refractivity contribution in [2.45, 2.75) is 4.90 Å². The molecule has 0 aliphatic carbocycles. The lowest BCUT2D eigenvalue weighted by Crippen LogP contribution is -1.93. The molecule has 0 radical (unpaired) electrons. The fraction of sp³-hybridized carbons (Fsp3) is 0.143. The van der Waals surface area contributed by atoms with Gasteiger partial charge in [-0.05, 0) is 22.0 Å². The summed E-state index contributed by atoms with van der Waals surface area (Å²) in [6.07, 6.45) is 0. The Hall–Kier alpha value is -0.750. The van der Waals surface area contributed by atoms with E-state index < -0.39 is 4.92 Å². The maximum Gasteiger partial charge on any atom is 0.286 e. The number of thiol groups is 1. The molecule has 4 nitrogen and oxygen atoms in total. The highest BCUT2D eigenvalue weighted by Crippen LogP contribution is 2.37. The number of rotatable bonds is 2. The van der Waals surface area contributed by atoms with E-state index >= 15 is 0 Å². The first-order chi connectivity index (χ1) is 6.07. The topological polar surface area (TPSA) is 52.4 Å². The molecule has 13 heavy (non-hydrogen) atoms. The van der Waals surface area contributed by atoms with Crippen LogP contribution in [0.3, 0.4) is 0 Å². The van der Waals surface area contributed by atoms with Crippen molar-refractivity contribution in [3.8, 4) is 5.75 Å².